The summed E-state index contributed by atoms with van der Waals surface area (Å²) in [5.41, 5.74) is 2.78. The van der Waals surface area contributed by atoms with Gasteiger partial charge in [0.25, 0.3) is 0 Å². The Morgan fingerprint density at radius 3 is 2.35 bits per heavy atom. The van der Waals surface area contributed by atoms with Crippen LogP contribution in [-0.2, 0) is 6.42 Å². The molecule has 0 aliphatic carbocycles. The van der Waals surface area contributed by atoms with Crippen LogP contribution < -0.4 is 5.43 Å². The van der Waals surface area contributed by atoms with E-state index in [1.165, 1.54) is 0 Å². The van der Waals surface area contributed by atoms with Gasteiger partial charge in [-0.2, -0.15) is 0 Å². The fourth-order valence-electron chi connectivity index (χ4n) is 2.90. The smallest absolute Gasteiger partial charge is 0.192 e. The highest BCUT2D eigenvalue weighted by atomic mass is 35.5. The second-order valence-corrected chi connectivity index (χ2v) is 6.13. The van der Waals surface area contributed by atoms with Crippen LogP contribution in [0.1, 0.15) is 11.1 Å². The van der Waals surface area contributed by atoms with Gasteiger partial charge in [-0.1, -0.05) is 48.0 Å². The summed E-state index contributed by atoms with van der Waals surface area (Å²) < 4.78 is 0. The third kappa shape index (κ3) is 2.62. The molecule has 0 amide bonds. The van der Waals surface area contributed by atoms with E-state index >= 15 is 0 Å². The molecule has 0 fully saturated rings. The Morgan fingerprint density at radius 1 is 0.913 bits per heavy atom. The zero-order valence-electron chi connectivity index (χ0n) is 12.3. The third-order valence-corrected chi connectivity index (χ3v) is 4.38. The van der Waals surface area contributed by atoms with Crippen LogP contribution in [-0.4, -0.2) is 4.98 Å². The zero-order chi connectivity index (χ0) is 15.8. The van der Waals surface area contributed by atoms with Crippen molar-refractivity contribution in [3.63, 3.8) is 0 Å². The van der Waals surface area contributed by atoms with E-state index in [0.717, 1.165) is 32.8 Å². The van der Waals surface area contributed by atoms with Gasteiger partial charge in [0.2, 0.25) is 0 Å². The van der Waals surface area contributed by atoms with Crippen LogP contribution in [0, 0.1) is 0 Å². The Kier molecular flexibility index (Phi) is 3.40. The highest BCUT2D eigenvalue weighted by Crippen LogP contribution is 2.20. The molecule has 0 aliphatic heterocycles. The molecule has 0 bridgehead atoms. The van der Waals surface area contributed by atoms with Crippen LogP contribution in [0.25, 0.3) is 21.7 Å². The van der Waals surface area contributed by atoms with Gasteiger partial charge in [0, 0.05) is 34.1 Å². The number of nitrogens with one attached hydrogen (secondary N) is 1. The number of benzene rings is 3. The van der Waals surface area contributed by atoms with Crippen molar-refractivity contribution in [3.8, 4) is 0 Å². The van der Waals surface area contributed by atoms with Gasteiger partial charge in [0.15, 0.2) is 5.43 Å². The molecule has 112 valence electrons. The first-order valence-corrected chi connectivity index (χ1v) is 7.86. The van der Waals surface area contributed by atoms with Crippen molar-refractivity contribution in [2.24, 2.45) is 0 Å². The minimum Gasteiger partial charge on any atom is -0.361 e. The molecule has 0 unspecified atom stereocenters. The maximum Gasteiger partial charge on any atom is 0.192 e. The summed E-state index contributed by atoms with van der Waals surface area (Å²) in [7, 11) is 0. The number of rotatable bonds is 2. The topological polar surface area (TPSA) is 32.9 Å². The van der Waals surface area contributed by atoms with Crippen LogP contribution in [0.3, 0.4) is 0 Å². The minimum absolute atomic E-state index is 0.0828. The monoisotopic (exact) mass is 319 g/mol. The molecule has 0 spiro atoms. The molecule has 0 atom stereocenters. The lowest BCUT2D eigenvalue weighted by Crippen LogP contribution is -2.10. The van der Waals surface area contributed by atoms with Crippen molar-refractivity contribution >= 4 is 33.3 Å². The number of pyridine rings is 1. The second kappa shape index (κ2) is 5.56. The molecule has 3 aromatic carbocycles. The van der Waals surface area contributed by atoms with Crippen molar-refractivity contribution in [1.82, 2.24) is 4.98 Å². The molecular formula is C20H14ClNO. The van der Waals surface area contributed by atoms with Gasteiger partial charge in [-0.3, -0.25) is 4.79 Å². The van der Waals surface area contributed by atoms with Crippen molar-refractivity contribution in [1.29, 1.82) is 0 Å². The number of hydrogen-bond donors (Lipinski definition) is 1. The molecule has 1 N–H and O–H groups in total. The Labute approximate surface area is 138 Å². The lowest BCUT2D eigenvalue weighted by molar-refractivity contribution is 1.15. The van der Waals surface area contributed by atoms with E-state index in [1.54, 1.807) is 0 Å². The van der Waals surface area contributed by atoms with Crippen molar-refractivity contribution < 1.29 is 0 Å². The van der Waals surface area contributed by atoms with E-state index < -0.39 is 0 Å². The van der Waals surface area contributed by atoms with Crippen molar-refractivity contribution in [3.05, 3.63) is 93.2 Å². The molecule has 4 aromatic rings. The number of aromatic amines is 1. The molecule has 0 saturated carbocycles. The summed E-state index contributed by atoms with van der Waals surface area (Å²) in [6.07, 6.45) is 2.41. The number of hydrogen-bond acceptors (Lipinski definition) is 1. The molecule has 0 aliphatic rings. The van der Waals surface area contributed by atoms with E-state index in [0.29, 0.717) is 11.4 Å². The van der Waals surface area contributed by atoms with Crippen LogP contribution in [0.2, 0.25) is 5.02 Å². The second-order valence-electron chi connectivity index (χ2n) is 5.69. The number of halogens is 1. The molecule has 1 aromatic heterocycles. The third-order valence-electron chi connectivity index (χ3n) is 4.13. The molecule has 0 saturated heterocycles. The van der Waals surface area contributed by atoms with Gasteiger partial charge in [-0.15, -0.1) is 0 Å². The first-order valence-electron chi connectivity index (χ1n) is 7.48. The molecule has 0 radical (unpaired) electrons. The minimum atomic E-state index is 0.0828. The SMILES string of the molecule is O=c1c(Cc2ccc(Cl)cc2)c[nH]c2cc3ccccc3cc12. The molecule has 1 heterocycles. The predicted octanol–water partition coefficient (Wildman–Crippen LogP) is 4.93. The summed E-state index contributed by atoms with van der Waals surface area (Å²) in [5, 5.41) is 3.64. The average molecular weight is 320 g/mol. The first kappa shape index (κ1) is 14.0. The standard InChI is InChI=1S/C20H14ClNO/c21-17-7-5-13(6-8-17)9-16-12-22-19-11-15-4-2-1-3-14(15)10-18(19)20(16)23/h1-8,10-12H,9H2,(H,22,23). The number of fused-ring (bicyclic) bond motifs is 2. The Hall–Kier alpha value is -2.58. The zero-order valence-corrected chi connectivity index (χ0v) is 13.1. The average Bonchev–Trinajstić information content (AvgIpc) is 2.58. The van der Waals surface area contributed by atoms with Gasteiger partial charge in [-0.05, 0) is 40.6 Å². The molecule has 4 rings (SSSR count). The van der Waals surface area contributed by atoms with Crippen LogP contribution in [0.4, 0.5) is 0 Å². The van der Waals surface area contributed by atoms with Gasteiger partial charge in [0.05, 0.1) is 0 Å². The molecular weight excluding hydrogens is 306 g/mol. The predicted molar refractivity (Wildman–Crippen MR) is 96.3 cm³/mol. The number of H-pyrrole nitrogens is 1. The Bertz CT molecular complexity index is 1060. The summed E-state index contributed by atoms with van der Waals surface area (Å²) >= 11 is 5.91. The highest BCUT2D eigenvalue weighted by Gasteiger charge is 2.07. The highest BCUT2D eigenvalue weighted by molar-refractivity contribution is 6.30. The fourth-order valence-corrected chi connectivity index (χ4v) is 3.03. The summed E-state index contributed by atoms with van der Waals surface area (Å²) in [4.78, 5) is 16.1. The summed E-state index contributed by atoms with van der Waals surface area (Å²) in [5.74, 6) is 0. The fraction of sp³-hybridized carbons (Fsp3) is 0.0500. The van der Waals surface area contributed by atoms with Gasteiger partial charge < -0.3 is 4.98 Å². The van der Waals surface area contributed by atoms with E-state index in [4.69, 9.17) is 11.6 Å². The molecule has 2 nitrogen and oxygen atoms in total. The normalized spacial score (nSPS) is 11.2. The molecule has 3 heteroatoms. The van der Waals surface area contributed by atoms with Gasteiger partial charge in [-0.25, -0.2) is 0 Å². The van der Waals surface area contributed by atoms with E-state index in [9.17, 15) is 4.79 Å². The summed E-state index contributed by atoms with van der Waals surface area (Å²) in [6.45, 7) is 0. The van der Waals surface area contributed by atoms with Crippen molar-refractivity contribution in [2.45, 2.75) is 6.42 Å². The van der Waals surface area contributed by atoms with Crippen molar-refractivity contribution in [2.75, 3.05) is 0 Å². The van der Waals surface area contributed by atoms with E-state index in [-0.39, 0.29) is 5.43 Å². The quantitative estimate of drug-likeness (QED) is 0.522. The molecule has 23 heavy (non-hydrogen) atoms. The maximum absolute atomic E-state index is 12.8. The Balaban J connectivity index is 1.85. The first-order chi connectivity index (χ1) is 11.2. The van der Waals surface area contributed by atoms with Crippen LogP contribution in [0.15, 0.2) is 71.7 Å². The maximum atomic E-state index is 12.8. The van der Waals surface area contributed by atoms with Gasteiger partial charge in [0.1, 0.15) is 0 Å². The van der Waals surface area contributed by atoms with Crippen LogP contribution >= 0.6 is 11.6 Å². The Morgan fingerprint density at radius 2 is 1.61 bits per heavy atom. The van der Waals surface area contributed by atoms with Crippen LogP contribution in [0.5, 0.6) is 0 Å². The van der Waals surface area contributed by atoms with Gasteiger partial charge >= 0.3 is 0 Å². The summed E-state index contributed by atoms with van der Waals surface area (Å²) in [6, 6.07) is 19.7. The van der Waals surface area contributed by atoms with E-state index in [2.05, 4.69) is 11.1 Å². The lowest BCUT2D eigenvalue weighted by Gasteiger charge is -2.06. The van der Waals surface area contributed by atoms with E-state index in [1.807, 2.05) is 60.8 Å². The largest absolute Gasteiger partial charge is 0.361 e. The lowest BCUT2D eigenvalue weighted by atomic mass is 10.0. The number of aromatic nitrogens is 1.